The van der Waals surface area contributed by atoms with Crippen LogP contribution in [-0.2, 0) is 10.2 Å². The summed E-state index contributed by atoms with van der Waals surface area (Å²) in [5.41, 5.74) is 4.84. The van der Waals surface area contributed by atoms with Gasteiger partial charge in [0, 0.05) is 11.6 Å². The zero-order chi connectivity index (χ0) is 20.6. The van der Waals surface area contributed by atoms with Gasteiger partial charge in [0.2, 0.25) is 0 Å². The predicted molar refractivity (Wildman–Crippen MR) is 117 cm³/mol. The normalized spacial score (nSPS) is 31.5. The first kappa shape index (κ1) is 20.0. The molecular formula is C26H32O3. The molecule has 4 fully saturated rings. The Morgan fingerprint density at radius 1 is 1.10 bits per heavy atom. The lowest BCUT2D eigenvalue weighted by atomic mass is 9.48. The van der Waals surface area contributed by atoms with Gasteiger partial charge in [-0.25, -0.2) is 4.79 Å². The lowest BCUT2D eigenvalue weighted by Crippen LogP contribution is -2.48. The van der Waals surface area contributed by atoms with E-state index in [1.54, 1.807) is 14.0 Å². The van der Waals surface area contributed by atoms with Crippen molar-refractivity contribution in [3.05, 3.63) is 59.2 Å². The molecule has 0 saturated heterocycles. The number of carboxylic acid groups (broad SMARTS) is 1. The van der Waals surface area contributed by atoms with Crippen LogP contribution in [0.25, 0.3) is 5.57 Å². The fourth-order valence-corrected chi connectivity index (χ4v) is 6.49. The molecule has 4 bridgehead atoms. The Balaban J connectivity index is 1.63. The molecule has 0 spiro atoms. The summed E-state index contributed by atoms with van der Waals surface area (Å²) in [6, 6.07) is 6.65. The van der Waals surface area contributed by atoms with E-state index < -0.39 is 5.97 Å². The Kier molecular flexibility index (Phi) is 5.42. The number of hydrogen-bond acceptors (Lipinski definition) is 2. The van der Waals surface area contributed by atoms with Crippen molar-refractivity contribution in [2.24, 2.45) is 17.8 Å². The Labute approximate surface area is 174 Å². The maximum atomic E-state index is 10.8. The minimum absolute atomic E-state index is 0.299. The molecule has 29 heavy (non-hydrogen) atoms. The highest BCUT2D eigenvalue weighted by atomic mass is 16.5. The Morgan fingerprint density at radius 2 is 1.72 bits per heavy atom. The number of allylic oxidation sites excluding steroid dienone is 5. The minimum Gasteiger partial charge on any atom is -0.496 e. The van der Waals surface area contributed by atoms with Crippen LogP contribution in [0.4, 0.5) is 0 Å². The molecule has 0 amide bonds. The third-order valence-electron chi connectivity index (χ3n) is 7.32. The van der Waals surface area contributed by atoms with Crippen LogP contribution in [-0.4, -0.2) is 18.2 Å². The standard InChI is InChI=1S/C26H32O3/c1-17(9-25(27)28)5-4-6-18(2)22-7-8-24(29-3)23(13-22)26-14-19-10-20(15-26)12-21(11-19)16-26/h4-9,13,19-21H,10-12,14-16H2,1-3H3,(H,27,28)/b5-4+,17-9+,18-6+. The van der Waals surface area contributed by atoms with E-state index in [1.807, 2.05) is 12.2 Å². The summed E-state index contributed by atoms with van der Waals surface area (Å²) in [7, 11) is 1.79. The zero-order valence-electron chi connectivity index (χ0n) is 17.8. The van der Waals surface area contributed by atoms with Crippen LogP contribution in [0.15, 0.2) is 48.1 Å². The molecule has 0 atom stereocenters. The van der Waals surface area contributed by atoms with E-state index in [0.717, 1.165) is 29.1 Å². The van der Waals surface area contributed by atoms with Gasteiger partial charge in [0.25, 0.3) is 0 Å². The molecule has 1 aromatic carbocycles. The fraction of sp³-hybridized carbons (Fsp3) is 0.500. The van der Waals surface area contributed by atoms with Crippen LogP contribution in [0.1, 0.15) is 63.5 Å². The van der Waals surface area contributed by atoms with E-state index in [-0.39, 0.29) is 0 Å². The summed E-state index contributed by atoms with van der Waals surface area (Å²) in [5, 5.41) is 8.83. The smallest absolute Gasteiger partial charge is 0.328 e. The zero-order valence-corrected chi connectivity index (χ0v) is 17.8. The van der Waals surface area contributed by atoms with Crippen molar-refractivity contribution in [2.45, 2.75) is 57.8 Å². The van der Waals surface area contributed by atoms with Crippen molar-refractivity contribution in [1.29, 1.82) is 0 Å². The molecule has 4 aliphatic rings. The van der Waals surface area contributed by atoms with Crippen LogP contribution >= 0.6 is 0 Å². The molecular weight excluding hydrogens is 360 g/mol. The van der Waals surface area contributed by atoms with E-state index in [1.165, 1.54) is 61.3 Å². The second kappa shape index (κ2) is 7.85. The van der Waals surface area contributed by atoms with E-state index >= 15 is 0 Å². The van der Waals surface area contributed by atoms with Gasteiger partial charge >= 0.3 is 5.97 Å². The summed E-state index contributed by atoms with van der Waals surface area (Å²) in [4.78, 5) is 10.8. The van der Waals surface area contributed by atoms with Gasteiger partial charge in [-0.3, -0.25) is 0 Å². The van der Waals surface area contributed by atoms with Crippen LogP contribution in [0.3, 0.4) is 0 Å². The number of carbonyl (C=O) groups is 1. The third-order valence-corrected chi connectivity index (χ3v) is 7.32. The number of methoxy groups -OCH3 is 1. The molecule has 5 rings (SSSR count). The Hall–Kier alpha value is -2.29. The highest BCUT2D eigenvalue weighted by Crippen LogP contribution is 2.62. The lowest BCUT2D eigenvalue weighted by Gasteiger charge is -2.57. The molecule has 0 aliphatic heterocycles. The SMILES string of the molecule is COc1ccc(/C(C)=C/C=C/C(C)=C/C(=O)O)cc1C12CC3CC(CC(C3)C1)C2. The molecule has 0 aromatic heterocycles. The van der Waals surface area contributed by atoms with Gasteiger partial charge in [-0.15, -0.1) is 0 Å². The maximum absolute atomic E-state index is 10.8. The third kappa shape index (κ3) is 4.05. The number of aliphatic carboxylic acids is 1. The monoisotopic (exact) mass is 392 g/mol. The maximum Gasteiger partial charge on any atom is 0.328 e. The van der Waals surface area contributed by atoms with Crippen molar-refractivity contribution < 1.29 is 14.6 Å². The molecule has 1 aromatic rings. The van der Waals surface area contributed by atoms with Crippen LogP contribution in [0.5, 0.6) is 5.75 Å². The molecule has 0 radical (unpaired) electrons. The van der Waals surface area contributed by atoms with E-state index in [0.29, 0.717) is 5.41 Å². The lowest BCUT2D eigenvalue weighted by molar-refractivity contribution is -0.131. The topological polar surface area (TPSA) is 46.5 Å². The molecule has 4 aliphatic carbocycles. The summed E-state index contributed by atoms with van der Waals surface area (Å²) < 4.78 is 5.82. The number of carboxylic acids is 1. The van der Waals surface area contributed by atoms with Gasteiger partial charge in [-0.2, -0.15) is 0 Å². The number of rotatable bonds is 6. The molecule has 4 saturated carbocycles. The van der Waals surface area contributed by atoms with Gasteiger partial charge in [-0.1, -0.05) is 24.3 Å². The predicted octanol–water partition coefficient (Wildman–Crippen LogP) is 6.15. The Morgan fingerprint density at radius 3 is 2.28 bits per heavy atom. The first-order valence-electron chi connectivity index (χ1n) is 10.8. The molecule has 154 valence electrons. The first-order chi connectivity index (χ1) is 13.9. The van der Waals surface area contributed by atoms with Crippen molar-refractivity contribution in [1.82, 2.24) is 0 Å². The average Bonchev–Trinajstić information content (AvgIpc) is 2.65. The van der Waals surface area contributed by atoms with Crippen molar-refractivity contribution in [3.8, 4) is 5.75 Å². The summed E-state index contributed by atoms with van der Waals surface area (Å²) >= 11 is 0. The summed E-state index contributed by atoms with van der Waals surface area (Å²) in [5.74, 6) is 2.83. The van der Waals surface area contributed by atoms with Gasteiger partial charge in [0.05, 0.1) is 7.11 Å². The largest absolute Gasteiger partial charge is 0.496 e. The van der Waals surface area contributed by atoms with Crippen molar-refractivity contribution in [2.75, 3.05) is 7.11 Å². The van der Waals surface area contributed by atoms with Crippen molar-refractivity contribution in [3.63, 3.8) is 0 Å². The first-order valence-corrected chi connectivity index (χ1v) is 10.8. The van der Waals surface area contributed by atoms with E-state index in [4.69, 9.17) is 9.84 Å². The summed E-state index contributed by atoms with van der Waals surface area (Å²) in [6.45, 7) is 3.91. The van der Waals surface area contributed by atoms with Gasteiger partial charge < -0.3 is 9.84 Å². The quantitative estimate of drug-likeness (QED) is 0.466. The highest BCUT2D eigenvalue weighted by molar-refractivity contribution is 5.81. The molecule has 0 unspecified atom stereocenters. The minimum atomic E-state index is -0.914. The second-order valence-electron chi connectivity index (χ2n) is 9.55. The van der Waals surface area contributed by atoms with E-state index in [9.17, 15) is 4.79 Å². The molecule has 3 heteroatoms. The highest BCUT2D eigenvalue weighted by Gasteiger charge is 2.52. The van der Waals surface area contributed by atoms with Gasteiger partial charge in [0.1, 0.15) is 5.75 Å². The van der Waals surface area contributed by atoms with Crippen LogP contribution in [0, 0.1) is 17.8 Å². The average molecular weight is 393 g/mol. The van der Waals surface area contributed by atoms with Gasteiger partial charge in [0.15, 0.2) is 0 Å². The van der Waals surface area contributed by atoms with E-state index in [2.05, 4.69) is 31.2 Å². The number of hydrogen-bond donors (Lipinski definition) is 1. The number of ether oxygens (including phenoxy) is 1. The molecule has 0 heterocycles. The number of benzene rings is 1. The van der Waals surface area contributed by atoms with Crippen LogP contribution in [0.2, 0.25) is 0 Å². The van der Waals surface area contributed by atoms with Crippen LogP contribution < -0.4 is 4.74 Å². The Bertz CT molecular complexity index is 852. The molecule has 1 N–H and O–H groups in total. The van der Waals surface area contributed by atoms with Gasteiger partial charge in [-0.05, 0) is 104 Å². The molecule has 3 nitrogen and oxygen atoms in total. The summed E-state index contributed by atoms with van der Waals surface area (Å²) in [6.07, 6.45) is 15.3. The fourth-order valence-electron chi connectivity index (χ4n) is 6.49. The van der Waals surface area contributed by atoms with Crippen molar-refractivity contribution >= 4 is 11.5 Å². The second-order valence-corrected chi connectivity index (χ2v) is 9.55.